The van der Waals surface area contributed by atoms with Gasteiger partial charge in [-0.15, -0.1) is 0 Å². The maximum atomic E-state index is 13.8. The zero-order valence-electron chi connectivity index (χ0n) is 21.0. The lowest BCUT2D eigenvalue weighted by atomic mass is 9.97. The van der Waals surface area contributed by atoms with Crippen molar-refractivity contribution in [1.29, 1.82) is 0 Å². The second-order valence-electron chi connectivity index (χ2n) is 9.66. The van der Waals surface area contributed by atoms with E-state index in [4.69, 9.17) is 5.73 Å². The Kier molecular flexibility index (Phi) is 7.88. The summed E-state index contributed by atoms with van der Waals surface area (Å²) in [7, 11) is 0. The average molecular weight is 487 g/mol. The third-order valence-electron chi connectivity index (χ3n) is 6.78. The van der Waals surface area contributed by atoms with Gasteiger partial charge in [0.15, 0.2) is 5.69 Å². The van der Waals surface area contributed by atoms with Crippen molar-refractivity contribution in [2.45, 2.75) is 58.4 Å². The largest absolute Gasteiger partial charge is 0.383 e. The summed E-state index contributed by atoms with van der Waals surface area (Å²) < 4.78 is 1.31. The van der Waals surface area contributed by atoms with Crippen LogP contribution in [0.3, 0.4) is 0 Å². The maximum Gasteiger partial charge on any atom is 0.330 e. The Labute approximate surface area is 211 Å². The van der Waals surface area contributed by atoms with E-state index in [1.807, 2.05) is 42.5 Å². The van der Waals surface area contributed by atoms with Gasteiger partial charge in [-0.1, -0.05) is 68.0 Å². The Morgan fingerprint density at radius 1 is 1.06 bits per heavy atom. The first kappa shape index (κ1) is 25.2. The number of anilines is 2. The number of aromatic nitrogens is 2. The smallest absolute Gasteiger partial charge is 0.330 e. The number of H-pyrrole nitrogens is 1. The molecule has 0 fully saturated rings. The molecule has 0 atom stereocenters. The number of benzene rings is 2. The van der Waals surface area contributed by atoms with E-state index in [1.54, 1.807) is 12.1 Å². The summed E-state index contributed by atoms with van der Waals surface area (Å²) in [5.41, 5.74) is 8.94. The number of nitrogen functional groups attached to an aromatic ring is 1. The minimum absolute atomic E-state index is 0.0138. The van der Waals surface area contributed by atoms with E-state index in [0.717, 1.165) is 30.4 Å². The summed E-state index contributed by atoms with van der Waals surface area (Å²) in [6, 6.07) is 16.8. The van der Waals surface area contributed by atoms with Gasteiger partial charge in [-0.05, 0) is 61.3 Å². The molecule has 7 nitrogen and oxygen atoms in total. The molecule has 1 aliphatic carbocycles. The number of nitrogens with two attached hydrogens (primary N) is 1. The van der Waals surface area contributed by atoms with Crippen molar-refractivity contribution in [1.82, 2.24) is 9.55 Å². The van der Waals surface area contributed by atoms with Crippen LogP contribution in [0.25, 0.3) is 0 Å². The second-order valence-corrected chi connectivity index (χ2v) is 9.66. The van der Waals surface area contributed by atoms with Gasteiger partial charge in [0.2, 0.25) is 0 Å². The van der Waals surface area contributed by atoms with Gasteiger partial charge in [0, 0.05) is 12.1 Å². The normalized spacial score (nSPS) is 13.5. The van der Waals surface area contributed by atoms with Crippen LogP contribution in [0.1, 0.15) is 73.4 Å². The van der Waals surface area contributed by atoms with Gasteiger partial charge in [0.1, 0.15) is 5.82 Å². The molecular weight excluding hydrogens is 452 g/mol. The van der Waals surface area contributed by atoms with Crippen molar-refractivity contribution in [3.63, 3.8) is 0 Å². The number of allylic oxidation sites excluding steroid dienone is 1. The molecule has 0 bridgehead atoms. The third-order valence-corrected chi connectivity index (χ3v) is 6.78. The Balaban J connectivity index is 1.75. The number of carbonyl (C=O) groups excluding carboxylic acids is 1. The number of rotatable bonds is 8. The Bertz CT molecular complexity index is 1350. The lowest BCUT2D eigenvalue weighted by Crippen LogP contribution is -2.42. The van der Waals surface area contributed by atoms with Crippen LogP contribution in [0.2, 0.25) is 0 Å². The number of nitrogens with zero attached hydrogens (tertiary/aromatic N) is 2. The summed E-state index contributed by atoms with van der Waals surface area (Å²) in [6.07, 6.45) is 7.20. The van der Waals surface area contributed by atoms with E-state index in [0.29, 0.717) is 24.4 Å². The minimum Gasteiger partial charge on any atom is -0.383 e. The van der Waals surface area contributed by atoms with Crippen LogP contribution in [0.4, 0.5) is 11.5 Å². The molecule has 0 saturated carbocycles. The molecule has 0 saturated heterocycles. The van der Waals surface area contributed by atoms with Crippen molar-refractivity contribution >= 4 is 17.4 Å². The van der Waals surface area contributed by atoms with E-state index in [-0.39, 0.29) is 24.0 Å². The average Bonchev–Trinajstić information content (AvgIpc) is 2.89. The van der Waals surface area contributed by atoms with Gasteiger partial charge >= 0.3 is 5.69 Å². The van der Waals surface area contributed by atoms with Crippen LogP contribution in [0.5, 0.6) is 0 Å². The molecule has 0 spiro atoms. The zero-order chi connectivity index (χ0) is 25.7. The molecular formula is C29H34N4O3. The van der Waals surface area contributed by atoms with Crippen LogP contribution in [-0.4, -0.2) is 22.0 Å². The van der Waals surface area contributed by atoms with Crippen LogP contribution in [0, 0.1) is 0 Å². The summed E-state index contributed by atoms with van der Waals surface area (Å²) in [4.78, 5) is 43.4. The van der Waals surface area contributed by atoms with Gasteiger partial charge in [0.25, 0.3) is 11.5 Å². The van der Waals surface area contributed by atoms with Crippen molar-refractivity contribution in [3.05, 3.63) is 104 Å². The molecule has 0 aliphatic heterocycles. The van der Waals surface area contributed by atoms with E-state index >= 15 is 0 Å². The number of nitrogens with one attached hydrogen (secondary N) is 1. The predicted molar refractivity (Wildman–Crippen MR) is 145 cm³/mol. The maximum absolute atomic E-state index is 13.8. The standard InChI is InChI=1S/C29H34N4O3/c1-20(2)23-13-15-24(16-14-23)28(35)32(18-17-21-9-5-3-6-10-21)25-26(30)33(29(36)31-27(25)34)19-22-11-7-4-8-12-22/h4,7-9,11-16,20H,3,5-6,10,17-19,30H2,1-2H3,(H,31,34,36). The molecule has 0 unspecified atom stereocenters. The van der Waals surface area contributed by atoms with E-state index in [9.17, 15) is 14.4 Å². The lowest BCUT2D eigenvalue weighted by molar-refractivity contribution is 0.0986. The zero-order valence-corrected chi connectivity index (χ0v) is 21.0. The van der Waals surface area contributed by atoms with E-state index in [1.165, 1.54) is 21.5 Å². The van der Waals surface area contributed by atoms with Crippen molar-refractivity contribution in [2.75, 3.05) is 17.2 Å². The van der Waals surface area contributed by atoms with Gasteiger partial charge in [-0.2, -0.15) is 0 Å². The highest BCUT2D eigenvalue weighted by Crippen LogP contribution is 2.25. The fourth-order valence-electron chi connectivity index (χ4n) is 4.63. The Morgan fingerprint density at radius 3 is 2.42 bits per heavy atom. The van der Waals surface area contributed by atoms with Crippen LogP contribution >= 0.6 is 0 Å². The molecule has 3 N–H and O–H groups in total. The van der Waals surface area contributed by atoms with Gasteiger partial charge in [-0.25, -0.2) is 4.79 Å². The van der Waals surface area contributed by atoms with Gasteiger partial charge < -0.3 is 10.6 Å². The SMILES string of the molecule is CC(C)c1ccc(C(=O)N(CCC2=CCCCC2)c2c(N)n(Cc3ccccc3)c(=O)[nH]c2=O)cc1. The number of aromatic amines is 1. The molecule has 0 radical (unpaired) electrons. The number of amides is 1. The summed E-state index contributed by atoms with van der Waals surface area (Å²) in [5, 5.41) is 0. The molecule has 1 aromatic heterocycles. The van der Waals surface area contributed by atoms with Crippen molar-refractivity contribution in [3.8, 4) is 0 Å². The molecule has 1 aliphatic rings. The fraction of sp³-hybridized carbons (Fsp3) is 0.345. The van der Waals surface area contributed by atoms with E-state index in [2.05, 4.69) is 24.9 Å². The summed E-state index contributed by atoms with van der Waals surface area (Å²) in [6.45, 7) is 4.67. The van der Waals surface area contributed by atoms with Gasteiger partial charge in [-0.3, -0.25) is 19.1 Å². The first-order valence-corrected chi connectivity index (χ1v) is 12.6. The molecule has 7 heteroatoms. The fourth-order valence-corrected chi connectivity index (χ4v) is 4.63. The van der Waals surface area contributed by atoms with Crippen LogP contribution in [0.15, 0.2) is 75.8 Å². The highest BCUT2D eigenvalue weighted by atomic mass is 16.2. The highest BCUT2D eigenvalue weighted by Gasteiger charge is 2.26. The molecule has 188 valence electrons. The van der Waals surface area contributed by atoms with Gasteiger partial charge in [0.05, 0.1) is 6.54 Å². The highest BCUT2D eigenvalue weighted by molar-refractivity contribution is 6.07. The molecule has 4 rings (SSSR count). The Hall–Kier alpha value is -3.87. The minimum atomic E-state index is -0.661. The van der Waals surface area contributed by atoms with Crippen LogP contribution in [-0.2, 0) is 6.54 Å². The summed E-state index contributed by atoms with van der Waals surface area (Å²) >= 11 is 0. The Morgan fingerprint density at radius 2 is 1.78 bits per heavy atom. The van der Waals surface area contributed by atoms with E-state index < -0.39 is 11.2 Å². The second kappa shape index (κ2) is 11.2. The first-order valence-electron chi connectivity index (χ1n) is 12.6. The summed E-state index contributed by atoms with van der Waals surface area (Å²) in [5.74, 6) is 0.00438. The number of hydrogen-bond acceptors (Lipinski definition) is 4. The molecule has 1 heterocycles. The molecule has 1 amide bonds. The molecule has 36 heavy (non-hydrogen) atoms. The molecule has 2 aromatic carbocycles. The first-order chi connectivity index (χ1) is 17.3. The van der Waals surface area contributed by atoms with Crippen molar-refractivity contribution < 1.29 is 4.79 Å². The van der Waals surface area contributed by atoms with Crippen LogP contribution < -0.4 is 21.9 Å². The lowest BCUT2D eigenvalue weighted by Gasteiger charge is -2.26. The monoisotopic (exact) mass is 486 g/mol. The predicted octanol–water partition coefficient (Wildman–Crippen LogP) is 4.83. The number of hydrogen-bond donors (Lipinski definition) is 2. The van der Waals surface area contributed by atoms with Crippen molar-refractivity contribution in [2.24, 2.45) is 0 Å². The third kappa shape index (κ3) is 5.67. The molecule has 3 aromatic rings. The quantitative estimate of drug-likeness (QED) is 0.445. The number of carbonyl (C=O) groups is 1. The topological polar surface area (TPSA) is 101 Å².